The van der Waals surface area contributed by atoms with Crippen LogP contribution in [0.15, 0.2) is 0 Å². The van der Waals surface area contributed by atoms with Crippen LogP contribution in [0.5, 0.6) is 0 Å². The summed E-state index contributed by atoms with van der Waals surface area (Å²) in [6.07, 6.45) is 40.5. The zero-order chi connectivity index (χ0) is 38.9. The first-order chi connectivity index (χ1) is 25.8. The maximum atomic E-state index is 12.1. The standard InChI is InChI=1S/C43H86NO8P/c1-3-5-7-9-11-13-15-16-17-18-19-20-21-22-23-24-25-26-28-30-32-34-36-43(47)50-39-41(45)40-52-53(48,49)51-38-37-44-42(46)35-33-31-29-27-14-12-10-8-6-4-2/h41,45H,3-40H2,1-2H3,(H,44,46)(H,48,49). The first-order valence-corrected chi connectivity index (χ1v) is 24.0. The summed E-state index contributed by atoms with van der Waals surface area (Å²) in [6.45, 7) is 3.58. The lowest BCUT2D eigenvalue weighted by Gasteiger charge is -2.15. The minimum Gasteiger partial charge on any atom is -0.463 e. The average molecular weight is 776 g/mol. The third kappa shape index (κ3) is 42.0. The van der Waals surface area contributed by atoms with Gasteiger partial charge in [0.2, 0.25) is 5.91 Å². The number of nitrogens with one attached hydrogen (secondary N) is 1. The van der Waals surface area contributed by atoms with Crippen LogP contribution in [0.2, 0.25) is 0 Å². The summed E-state index contributed by atoms with van der Waals surface area (Å²) in [6, 6.07) is 0. The molecule has 0 saturated carbocycles. The van der Waals surface area contributed by atoms with Gasteiger partial charge in [0.15, 0.2) is 0 Å². The average Bonchev–Trinajstić information content (AvgIpc) is 3.14. The second-order valence-electron chi connectivity index (χ2n) is 15.4. The maximum Gasteiger partial charge on any atom is 0.472 e. The Morgan fingerprint density at radius 2 is 0.849 bits per heavy atom. The molecule has 0 saturated heterocycles. The number of phosphoric ester groups is 1. The van der Waals surface area contributed by atoms with Gasteiger partial charge in [-0.1, -0.05) is 206 Å². The van der Waals surface area contributed by atoms with E-state index in [2.05, 4.69) is 19.2 Å². The third-order valence-electron chi connectivity index (χ3n) is 10.0. The van der Waals surface area contributed by atoms with Crippen LogP contribution >= 0.6 is 7.82 Å². The fourth-order valence-corrected chi connectivity index (χ4v) is 7.37. The highest BCUT2D eigenvalue weighted by molar-refractivity contribution is 7.47. The van der Waals surface area contributed by atoms with E-state index in [4.69, 9.17) is 13.8 Å². The molecule has 3 N–H and O–H groups in total. The minimum absolute atomic E-state index is 0.0875. The van der Waals surface area contributed by atoms with Gasteiger partial charge in [0.05, 0.1) is 13.2 Å². The van der Waals surface area contributed by atoms with Crippen molar-refractivity contribution >= 4 is 19.7 Å². The van der Waals surface area contributed by atoms with Crippen LogP contribution in [-0.4, -0.2) is 54.3 Å². The molecule has 0 aromatic carbocycles. The summed E-state index contributed by atoms with van der Waals surface area (Å²) in [5.41, 5.74) is 0. The lowest BCUT2D eigenvalue weighted by molar-refractivity contribution is -0.147. The molecule has 0 fully saturated rings. The summed E-state index contributed by atoms with van der Waals surface area (Å²) >= 11 is 0. The molecule has 1 amide bonds. The van der Waals surface area contributed by atoms with Gasteiger partial charge in [-0.2, -0.15) is 0 Å². The quantitative estimate of drug-likeness (QED) is 0.0317. The molecule has 0 aliphatic heterocycles. The molecule has 10 heteroatoms. The Hall–Kier alpha value is -0.990. The van der Waals surface area contributed by atoms with Crippen LogP contribution in [0.25, 0.3) is 0 Å². The highest BCUT2D eigenvalue weighted by Crippen LogP contribution is 2.42. The van der Waals surface area contributed by atoms with Crippen molar-refractivity contribution in [2.24, 2.45) is 0 Å². The van der Waals surface area contributed by atoms with Crippen LogP contribution in [0.4, 0.5) is 0 Å². The fraction of sp³-hybridized carbons (Fsp3) is 0.953. The summed E-state index contributed by atoms with van der Waals surface area (Å²) in [4.78, 5) is 33.8. The van der Waals surface area contributed by atoms with E-state index in [1.165, 1.54) is 167 Å². The van der Waals surface area contributed by atoms with E-state index < -0.39 is 26.5 Å². The number of ether oxygens (including phenoxy) is 1. The van der Waals surface area contributed by atoms with Crippen LogP contribution < -0.4 is 5.32 Å². The smallest absolute Gasteiger partial charge is 0.463 e. The Labute approximate surface area is 326 Å². The molecule has 0 bridgehead atoms. The van der Waals surface area contributed by atoms with Gasteiger partial charge in [0.1, 0.15) is 12.7 Å². The van der Waals surface area contributed by atoms with E-state index >= 15 is 0 Å². The molecule has 0 aromatic heterocycles. The Balaban J connectivity index is 3.50. The van der Waals surface area contributed by atoms with Crippen molar-refractivity contribution in [1.29, 1.82) is 0 Å². The minimum atomic E-state index is -4.40. The van der Waals surface area contributed by atoms with E-state index in [-0.39, 0.29) is 25.7 Å². The van der Waals surface area contributed by atoms with Gasteiger partial charge in [-0.25, -0.2) is 4.57 Å². The van der Waals surface area contributed by atoms with Crippen molar-refractivity contribution in [1.82, 2.24) is 5.32 Å². The summed E-state index contributed by atoms with van der Waals surface area (Å²) in [7, 11) is -4.40. The van der Waals surface area contributed by atoms with Crippen molar-refractivity contribution in [3.8, 4) is 0 Å². The van der Waals surface area contributed by atoms with Crippen molar-refractivity contribution in [2.75, 3.05) is 26.4 Å². The largest absolute Gasteiger partial charge is 0.472 e. The molecular weight excluding hydrogens is 689 g/mol. The molecule has 0 heterocycles. The van der Waals surface area contributed by atoms with Crippen molar-refractivity contribution < 1.29 is 37.9 Å². The number of aliphatic hydroxyl groups excluding tert-OH is 1. The molecule has 2 unspecified atom stereocenters. The number of hydrogen-bond donors (Lipinski definition) is 3. The Morgan fingerprint density at radius 1 is 0.509 bits per heavy atom. The molecule has 0 rings (SSSR count). The zero-order valence-electron chi connectivity index (χ0n) is 34.7. The van der Waals surface area contributed by atoms with E-state index in [1.54, 1.807) is 0 Å². The van der Waals surface area contributed by atoms with Gasteiger partial charge in [0.25, 0.3) is 0 Å². The van der Waals surface area contributed by atoms with E-state index in [0.717, 1.165) is 38.5 Å². The predicted molar refractivity (Wildman–Crippen MR) is 220 cm³/mol. The van der Waals surface area contributed by atoms with Gasteiger partial charge < -0.3 is 20.1 Å². The van der Waals surface area contributed by atoms with E-state index in [1.807, 2.05) is 0 Å². The third-order valence-corrected chi connectivity index (χ3v) is 11.0. The number of unbranched alkanes of at least 4 members (excludes halogenated alkanes) is 30. The Bertz CT molecular complexity index is 845. The molecule has 0 spiro atoms. The van der Waals surface area contributed by atoms with Crippen LogP contribution in [-0.2, 0) is 27.9 Å². The van der Waals surface area contributed by atoms with Crippen molar-refractivity contribution in [3.63, 3.8) is 0 Å². The van der Waals surface area contributed by atoms with Gasteiger partial charge in [-0.05, 0) is 12.8 Å². The summed E-state index contributed by atoms with van der Waals surface area (Å²) < 4.78 is 26.8. The molecule has 0 aliphatic rings. The second kappa shape index (κ2) is 40.7. The molecule has 9 nitrogen and oxygen atoms in total. The fourth-order valence-electron chi connectivity index (χ4n) is 6.62. The van der Waals surface area contributed by atoms with E-state index in [9.17, 15) is 24.2 Å². The van der Waals surface area contributed by atoms with Crippen LogP contribution in [0.3, 0.4) is 0 Å². The van der Waals surface area contributed by atoms with Crippen molar-refractivity contribution in [3.05, 3.63) is 0 Å². The predicted octanol–water partition coefficient (Wildman–Crippen LogP) is 12.4. The van der Waals surface area contributed by atoms with Crippen LogP contribution in [0, 0.1) is 0 Å². The maximum absolute atomic E-state index is 12.1. The number of rotatable bonds is 43. The normalized spacial score (nSPS) is 13.2. The lowest BCUT2D eigenvalue weighted by atomic mass is 10.0. The lowest BCUT2D eigenvalue weighted by Crippen LogP contribution is -2.27. The van der Waals surface area contributed by atoms with Gasteiger partial charge >= 0.3 is 13.8 Å². The molecule has 316 valence electrons. The Kier molecular flexibility index (Phi) is 39.9. The highest BCUT2D eigenvalue weighted by atomic mass is 31.2. The molecule has 53 heavy (non-hydrogen) atoms. The number of phosphoric acid groups is 1. The number of aliphatic hydroxyl groups is 1. The van der Waals surface area contributed by atoms with Gasteiger partial charge in [0, 0.05) is 19.4 Å². The molecule has 0 radical (unpaired) electrons. The SMILES string of the molecule is CCCCCCCCCCCCCCCCCCCCCCCCC(=O)OCC(O)COP(=O)(O)OCCNC(=O)CCCCCCCCCCCC. The summed E-state index contributed by atoms with van der Waals surface area (Å²) in [5, 5.41) is 12.7. The monoisotopic (exact) mass is 776 g/mol. The number of hydrogen-bond acceptors (Lipinski definition) is 7. The van der Waals surface area contributed by atoms with Crippen molar-refractivity contribution in [2.45, 2.75) is 238 Å². The molecule has 0 aromatic rings. The Morgan fingerprint density at radius 3 is 1.23 bits per heavy atom. The van der Waals surface area contributed by atoms with Gasteiger partial charge in [-0.15, -0.1) is 0 Å². The van der Waals surface area contributed by atoms with Crippen LogP contribution in [0.1, 0.15) is 232 Å². The second-order valence-corrected chi connectivity index (χ2v) is 16.8. The number of carbonyl (C=O) groups excluding carboxylic acids is 2. The molecule has 2 atom stereocenters. The zero-order valence-corrected chi connectivity index (χ0v) is 35.6. The molecule has 0 aliphatic carbocycles. The first-order valence-electron chi connectivity index (χ1n) is 22.5. The number of carbonyl (C=O) groups is 2. The molecular formula is C43H86NO8P. The highest BCUT2D eigenvalue weighted by Gasteiger charge is 2.23. The summed E-state index contributed by atoms with van der Waals surface area (Å²) in [5.74, 6) is -0.506. The van der Waals surface area contributed by atoms with E-state index in [0.29, 0.717) is 12.8 Å². The van der Waals surface area contributed by atoms with Gasteiger partial charge in [-0.3, -0.25) is 18.6 Å². The first kappa shape index (κ1) is 52.0. The number of esters is 1. The number of amides is 1. The topological polar surface area (TPSA) is 131 Å².